The third-order valence-electron chi connectivity index (χ3n) is 3.97. The van der Waals surface area contributed by atoms with Gasteiger partial charge in [-0.15, -0.1) is 11.3 Å². The first-order valence-electron chi connectivity index (χ1n) is 5.99. The first-order chi connectivity index (χ1) is 7.83. The van der Waals surface area contributed by atoms with Gasteiger partial charge in [-0.3, -0.25) is 4.79 Å². The van der Waals surface area contributed by atoms with Crippen molar-refractivity contribution in [1.82, 2.24) is 10.3 Å². The monoisotopic (exact) mass is 236 g/mol. The summed E-state index contributed by atoms with van der Waals surface area (Å²) >= 11 is 1.60. The number of hydrogen-bond donors (Lipinski definition) is 1. The Morgan fingerprint density at radius 3 is 3.06 bits per heavy atom. The molecule has 3 unspecified atom stereocenters. The van der Waals surface area contributed by atoms with Crippen molar-refractivity contribution in [2.24, 2.45) is 17.8 Å². The smallest absolute Gasteiger partial charge is 0.223 e. The summed E-state index contributed by atoms with van der Waals surface area (Å²) in [5, 5.41) is 5.96. The highest BCUT2D eigenvalue weighted by molar-refractivity contribution is 7.09. The Bertz CT molecular complexity index is 376. The number of carbonyl (C=O) groups is 1. The van der Waals surface area contributed by atoms with E-state index in [0.29, 0.717) is 18.4 Å². The molecule has 0 aliphatic heterocycles. The first kappa shape index (κ1) is 10.3. The lowest BCUT2D eigenvalue weighted by molar-refractivity contribution is -0.126. The van der Waals surface area contributed by atoms with Gasteiger partial charge in [0, 0.05) is 17.5 Å². The van der Waals surface area contributed by atoms with Crippen molar-refractivity contribution < 1.29 is 4.79 Å². The number of aromatic nitrogens is 1. The summed E-state index contributed by atoms with van der Waals surface area (Å²) in [7, 11) is 0. The Morgan fingerprint density at radius 1 is 1.50 bits per heavy atom. The Hall–Kier alpha value is -0.900. The molecule has 0 spiro atoms. The number of rotatable bonds is 3. The predicted molar refractivity (Wildman–Crippen MR) is 62.9 cm³/mol. The summed E-state index contributed by atoms with van der Waals surface area (Å²) < 4.78 is 0. The second-order valence-corrected chi connectivity index (χ2v) is 5.90. The lowest BCUT2D eigenvalue weighted by Gasteiger charge is -2.20. The van der Waals surface area contributed by atoms with Gasteiger partial charge < -0.3 is 5.32 Å². The van der Waals surface area contributed by atoms with Gasteiger partial charge >= 0.3 is 0 Å². The SMILES string of the molecule is O=C(NCc1nccs1)C1CC2CCC1C2. The summed E-state index contributed by atoms with van der Waals surface area (Å²) in [4.78, 5) is 16.2. The Labute approximate surface area is 99.3 Å². The molecule has 0 aromatic carbocycles. The van der Waals surface area contributed by atoms with E-state index in [2.05, 4.69) is 10.3 Å². The highest BCUT2D eigenvalue weighted by Gasteiger charge is 2.42. The van der Waals surface area contributed by atoms with Crippen molar-refractivity contribution in [3.05, 3.63) is 16.6 Å². The molecule has 2 aliphatic rings. The van der Waals surface area contributed by atoms with E-state index >= 15 is 0 Å². The molecule has 0 radical (unpaired) electrons. The summed E-state index contributed by atoms with van der Waals surface area (Å²) in [6.45, 7) is 0.602. The van der Waals surface area contributed by atoms with E-state index < -0.39 is 0 Å². The molecule has 1 heterocycles. The molecular formula is C12H16N2OS. The van der Waals surface area contributed by atoms with Crippen LogP contribution in [-0.2, 0) is 11.3 Å². The number of hydrogen-bond acceptors (Lipinski definition) is 3. The van der Waals surface area contributed by atoms with Gasteiger partial charge in [0.05, 0.1) is 6.54 Å². The molecule has 16 heavy (non-hydrogen) atoms. The number of fused-ring (bicyclic) bond motifs is 2. The minimum atomic E-state index is 0.252. The van der Waals surface area contributed by atoms with E-state index in [1.807, 2.05) is 5.38 Å². The van der Waals surface area contributed by atoms with Gasteiger partial charge in [-0.05, 0) is 31.1 Å². The quantitative estimate of drug-likeness (QED) is 0.874. The van der Waals surface area contributed by atoms with E-state index in [0.717, 1.165) is 17.3 Å². The maximum atomic E-state index is 12.0. The lowest BCUT2D eigenvalue weighted by atomic mass is 9.88. The standard InChI is InChI=1S/C12H16N2OS/c15-12(14-7-11-13-3-4-16-11)10-6-8-1-2-9(10)5-8/h3-4,8-10H,1-2,5-7H2,(H,14,15). The molecule has 1 N–H and O–H groups in total. The molecule has 3 atom stereocenters. The molecule has 1 aromatic heterocycles. The minimum absolute atomic E-state index is 0.252. The normalized spacial score (nSPS) is 31.9. The van der Waals surface area contributed by atoms with Gasteiger partial charge in [-0.2, -0.15) is 0 Å². The van der Waals surface area contributed by atoms with Crippen molar-refractivity contribution in [1.29, 1.82) is 0 Å². The van der Waals surface area contributed by atoms with Crippen LogP contribution in [-0.4, -0.2) is 10.9 Å². The number of thiazole rings is 1. The fourth-order valence-corrected chi connectivity index (χ4v) is 3.76. The topological polar surface area (TPSA) is 42.0 Å². The van der Waals surface area contributed by atoms with Crippen LogP contribution in [0.25, 0.3) is 0 Å². The zero-order chi connectivity index (χ0) is 11.0. The van der Waals surface area contributed by atoms with Gasteiger partial charge in [0.15, 0.2) is 0 Å². The number of nitrogens with zero attached hydrogens (tertiary/aromatic N) is 1. The summed E-state index contributed by atoms with van der Waals surface area (Å²) in [5.41, 5.74) is 0. The molecule has 2 saturated carbocycles. The van der Waals surface area contributed by atoms with Crippen LogP contribution < -0.4 is 5.32 Å². The lowest BCUT2D eigenvalue weighted by Crippen LogP contribution is -2.33. The van der Waals surface area contributed by atoms with Crippen molar-refractivity contribution in [3.8, 4) is 0 Å². The Kier molecular flexibility index (Phi) is 2.67. The Morgan fingerprint density at radius 2 is 2.44 bits per heavy atom. The highest BCUT2D eigenvalue weighted by Crippen LogP contribution is 2.48. The van der Waals surface area contributed by atoms with Crippen LogP contribution in [0.2, 0.25) is 0 Å². The second-order valence-electron chi connectivity index (χ2n) is 4.93. The van der Waals surface area contributed by atoms with Gasteiger partial charge in [0.2, 0.25) is 5.91 Å². The van der Waals surface area contributed by atoms with Crippen LogP contribution in [0.5, 0.6) is 0 Å². The van der Waals surface area contributed by atoms with Crippen molar-refractivity contribution in [3.63, 3.8) is 0 Å². The van der Waals surface area contributed by atoms with Crippen molar-refractivity contribution in [2.45, 2.75) is 32.2 Å². The third kappa shape index (κ3) is 1.86. The van der Waals surface area contributed by atoms with Crippen LogP contribution in [0.15, 0.2) is 11.6 Å². The van der Waals surface area contributed by atoms with Crippen LogP contribution in [0.1, 0.15) is 30.7 Å². The van der Waals surface area contributed by atoms with Gasteiger partial charge in [0.25, 0.3) is 0 Å². The zero-order valence-corrected chi connectivity index (χ0v) is 10.0. The molecule has 86 valence electrons. The van der Waals surface area contributed by atoms with Crippen LogP contribution in [0, 0.1) is 17.8 Å². The fourth-order valence-electron chi connectivity index (χ4n) is 3.20. The van der Waals surface area contributed by atoms with E-state index in [1.165, 1.54) is 19.3 Å². The molecular weight excluding hydrogens is 220 g/mol. The molecule has 2 bridgehead atoms. The third-order valence-corrected chi connectivity index (χ3v) is 4.75. The van der Waals surface area contributed by atoms with Crippen LogP contribution in [0.3, 0.4) is 0 Å². The molecule has 1 amide bonds. The number of carbonyl (C=O) groups excluding carboxylic acids is 1. The number of amides is 1. The van der Waals surface area contributed by atoms with E-state index in [-0.39, 0.29) is 5.91 Å². The average molecular weight is 236 g/mol. The van der Waals surface area contributed by atoms with E-state index in [9.17, 15) is 4.79 Å². The Balaban J connectivity index is 1.54. The zero-order valence-electron chi connectivity index (χ0n) is 9.19. The number of nitrogens with one attached hydrogen (secondary N) is 1. The predicted octanol–water partition coefficient (Wildman–Crippen LogP) is 2.20. The molecule has 3 nitrogen and oxygen atoms in total. The largest absolute Gasteiger partial charge is 0.349 e. The van der Waals surface area contributed by atoms with Crippen molar-refractivity contribution >= 4 is 17.2 Å². The highest BCUT2D eigenvalue weighted by atomic mass is 32.1. The summed E-state index contributed by atoms with van der Waals surface area (Å²) in [6, 6.07) is 0. The van der Waals surface area contributed by atoms with Gasteiger partial charge in [-0.25, -0.2) is 4.98 Å². The molecule has 2 fully saturated rings. The van der Waals surface area contributed by atoms with Crippen LogP contribution in [0.4, 0.5) is 0 Å². The van der Waals surface area contributed by atoms with E-state index in [4.69, 9.17) is 0 Å². The summed E-state index contributed by atoms with van der Waals surface area (Å²) in [5.74, 6) is 2.04. The van der Waals surface area contributed by atoms with Crippen LogP contribution >= 0.6 is 11.3 Å². The second kappa shape index (κ2) is 4.17. The summed E-state index contributed by atoms with van der Waals surface area (Å²) in [6.07, 6.45) is 6.80. The maximum Gasteiger partial charge on any atom is 0.223 e. The fraction of sp³-hybridized carbons (Fsp3) is 0.667. The minimum Gasteiger partial charge on any atom is -0.349 e. The molecule has 4 heteroatoms. The molecule has 1 aromatic rings. The van der Waals surface area contributed by atoms with Gasteiger partial charge in [-0.1, -0.05) is 6.42 Å². The molecule has 3 rings (SSSR count). The average Bonchev–Trinajstić information content (AvgIpc) is 3.01. The van der Waals surface area contributed by atoms with Gasteiger partial charge in [0.1, 0.15) is 5.01 Å². The van der Waals surface area contributed by atoms with Crippen molar-refractivity contribution in [2.75, 3.05) is 0 Å². The first-order valence-corrected chi connectivity index (χ1v) is 6.87. The molecule has 2 aliphatic carbocycles. The van der Waals surface area contributed by atoms with E-state index in [1.54, 1.807) is 17.5 Å². The maximum absolute atomic E-state index is 12.0. The molecule has 0 saturated heterocycles.